The zero-order chi connectivity index (χ0) is 15.5. The van der Waals surface area contributed by atoms with E-state index in [9.17, 15) is 9.59 Å². The number of amides is 2. The van der Waals surface area contributed by atoms with Crippen LogP contribution >= 0.6 is 0 Å². The highest BCUT2D eigenvalue weighted by molar-refractivity contribution is 5.87. The van der Waals surface area contributed by atoms with Crippen molar-refractivity contribution in [2.24, 2.45) is 5.92 Å². The van der Waals surface area contributed by atoms with Crippen molar-refractivity contribution in [2.45, 2.75) is 71.9 Å². The first kappa shape index (κ1) is 18.4. The van der Waals surface area contributed by atoms with Crippen molar-refractivity contribution in [1.29, 1.82) is 5.26 Å². The molecule has 2 unspecified atom stereocenters. The lowest BCUT2D eigenvalue weighted by Crippen LogP contribution is -2.49. The van der Waals surface area contributed by atoms with Gasteiger partial charge < -0.3 is 10.6 Å². The van der Waals surface area contributed by atoms with Gasteiger partial charge in [-0.2, -0.15) is 5.26 Å². The first-order valence-corrected chi connectivity index (χ1v) is 7.40. The molecule has 0 aliphatic carbocycles. The van der Waals surface area contributed by atoms with Crippen LogP contribution in [0.2, 0.25) is 0 Å². The standard InChI is InChI=1S/C15H27N3O2/c1-5-6-7-8-14(19)18-13(9-11(2)3)15(20)17-12(4)10-16/h11-13H,5-9H2,1-4H3,(H,17,20)(H,18,19). The fourth-order valence-electron chi connectivity index (χ4n) is 1.85. The Kier molecular flexibility index (Phi) is 9.44. The van der Waals surface area contributed by atoms with E-state index < -0.39 is 12.1 Å². The maximum absolute atomic E-state index is 12.0. The number of rotatable bonds is 9. The Morgan fingerprint density at radius 3 is 2.30 bits per heavy atom. The third-order valence-electron chi connectivity index (χ3n) is 2.92. The zero-order valence-corrected chi connectivity index (χ0v) is 13.0. The molecule has 0 aromatic rings. The lowest BCUT2D eigenvalue weighted by molar-refractivity contribution is -0.129. The Bertz CT molecular complexity index is 348. The molecule has 0 rings (SSSR count). The summed E-state index contributed by atoms with van der Waals surface area (Å²) in [6, 6.07) is 0.852. The second-order valence-electron chi connectivity index (χ2n) is 5.57. The van der Waals surface area contributed by atoms with Gasteiger partial charge in [-0.05, 0) is 25.7 Å². The Morgan fingerprint density at radius 1 is 1.15 bits per heavy atom. The van der Waals surface area contributed by atoms with Gasteiger partial charge in [-0.15, -0.1) is 0 Å². The minimum absolute atomic E-state index is 0.0936. The fourth-order valence-corrected chi connectivity index (χ4v) is 1.85. The molecular weight excluding hydrogens is 254 g/mol. The van der Waals surface area contributed by atoms with Crippen LogP contribution in [-0.4, -0.2) is 23.9 Å². The summed E-state index contributed by atoms with van der Waals surface area (Å²) >= 11 is 0. The van der Waals surface area contributed by atoms with Gasteiger partial charge in [0.1, 0.15) is 12.1 Å². The molecular formula is C15H27N3O2. The van der Waals surface area contributed by atoms with E-state index in [1.54, 1.807) is 6.92 Å². The van der Waals surface area contributed by atoms with Crippen LogP contribution in [0.3, 0.4) is 0 Å². The second kappa shape index (κ2) is 10.2. The Balaban J connectivity index is 4.44. The highest BCUT2D eigenvalue weighted by Crippen LogP contribution is 2.07. The molecule has 0 bridgehead atoms. The number of carbonyl (C=O) groups is 2. The molecule has 5 nitrogen and oxygen atoms in total. The highest BCUT2D eigenvalue weighted by Gasteiger charge is 2.22. The number of unbranched alkanes of at least 4 members (excludes halogenated alkanes) is 2. The molecule has 0 spiro atoms. The van der Waals surface area contributed by atoms with E-state index in [-0.39, 0.29) is 11.8 Å². The summed E-state index contributed by atoms with van der Waals surface area (Å²) in [6.45, 7) is 7.69. The fraction of sp³-hybridized carbons (Fsp3) is 0.800. The first-order valence-electron chi connectivity index (χ1n) is 7.40. The summed E-state index contributed by atoms with van der Waals surface area (Å²) in [5.74, 6) is -0.0838. The number of hydrogen-bond donors (Lipinski definition) is 2. The van der Waals surface area contributed by atoms with Crippen molar-refractivity contribution in [2.75, 3.05) is 0 Å². The summed E-state index contributed by atoms with van der Waals surface area (Å²) in [6.07, 6.45) is 3.93. The molecule has 0 aliphatic heterocycles. The molecule has 0 aliphatic rings. The van der Waals surface area contributed by atoms with E-state index >= 15 is 0 Å². The Labute approximate surface area is 122 Å². The third kappa shape index (κ3) is 8.52. The van der Waals surface area contributed by atoms with Crippen molar-refractivity contribution in [3.8, 4) is 6.07 Å². The molecule has 0 radical (unpaired) electrons. The van der Waals surface area contributed by atoms with Gasteiger partial charge in [-0.3, -0.25) is 9.59 Å². The van der Waals surface area contributed by atoms with Crippen molar-refractivity contribution in [3.63, 3.8) is 0 Å². The molecule has 0 aromatic carbocycles. The van der Waals surface area contributed by atoms with Crippen molar-refractivity contribution >= 4 is 11.8 Å². The van der Waals surface area contributed by atoms with Gasteiger partial charge in [0.2, 0.25) is 11.8 Å². The quantitative estimate of drug-likeness (QED) is 0.635. The number of carbonyl (C=O) groups excluding carboxylic acids is 2. The first-order chi connectivity index (χ1) is 9.40. The van der Waals surface area contributed by atoms with Crippen LogP contribution in [0.25, 0.3) is 0 Å². The van der Waals surface area contributed by atoms with Crippen LogP contribution in [0.1, 0.15) is 59.8 Å². The Hall–Kier alpha value is -1.57. The second-order valence-corrected chi connectivity index (χ2v) is 5.57. The molecule has 2 amide bonds. The summed E-state index contributed by atoms with van der Waals surface area (Å²) in [7, 11) is 0. The lowest BCUT2D eigenvalue weighted by Gasteiger charge is -2.20. The molecule has 2 N–H and O–H groups in total. The molecule has 0 saturated heterocycles. The number of hydrogen-bond acceptors (Lipinski definition) is 3. The van der Waals surface area contributed by atoms with Gasteiger partial charge in [0, 0.05) is 6.42 Å². The van der Waals surface area contributed by atoms with Crippen LogP contribution in [0, 0.1) is 17.2 Å². The third-order valence-corrected chi connectivity index (χ3v) is 2.92. The van der Waals surface area contributed by atoms with Crippen molar-refractivity contribution < 1.29 is 9.59 Å². The van der Waals surface area contributed by atoms with Gasteiger partial charge in [0.25, 0.3) is 0 Å². The number of nitrogens with zero attached hydrogens (tertiary/aromatic N) is 1. The zero-order valence-electron chi connectivity index (χ0n) is 13.0. The molecule has 20 heavy (non-hydrogen) atoms. The number of nitriles is 1. The molecule has 0 fully saturated rings. The maximum Gasteiger partial charge on any atom is 0.243 e. The van der Waals surface area contributed by atoms with E-state index in [1.165, 1.54) is 0 Å². The minimum Gasteiger partial charge on any atom is -0.344 e. The average Bonchev–Trinajstić information content (AvgIpc) is 2.37. The monoisotopic (exact) mass is 281 g/mol. The van der Waals surface area contributed by atoms with E-state index in [2.05, 4.69) is 17.6 Å². The van der Waals surface area contributed by atoms with Crippen LogP contribution in [-0.2, 0) is 9.59 Å². The van der Waals surface area contributed by atoms with Crippen molar-refractivity contribution in [3.05, 3.63) is 0 Å². The number of nitrogens with one attached hydrogen (secondary N) is 2. The average molecular weight is 281 g/mol. The molecule has 0 saturated carbocycles. The molecule has 2 atom stereocenters. The largest absolute Gasteiger partial charge is 0.344 e. The molecule has 0 aromatic heterocycles. The molecule has 0 heterocycles. The van der Waals surface area contributed by atoms with E-state index in [1.807, 2.05) is 19.9 Å². The minimum atomic E-state index is -0.556. The van der Waals surface area contributed by atoms with Gasteiger partial charge in [0.15, 0.2) is 0 Å². The topological polar surface area (TPSA) is 82.0 Å². The predicted octanol–water partition coefficient (Wildman–Crippen LogP) is 2.13. The van der Waals surface area contributed by atoms with Gasteiger partial charge in [0.05, 0.1) is 6.07 Å². The normalized spacial score (nSPS) is 13.4. The maximum atomic E-state index is 12.0. The van der Waals surface area contributed by atoms with Crippen LogP contribution in [0.5, 0.6) is 0 Å². The SMILES string of the molecule is CCCCCC(=O)NC(CC(C)C)C(=O)NC(C)C#N. The van der Waals surface area contributed by atoms with E-state index in [0.29, 0.717) is 18.8 Å². The van der Waals surface area contributed by atoms with Crippen LogP contribution in [0.15, 0.2) is 0 Å². The van der Waals surface area contributed by atoms with Gasteiger partial charge in [-0.25, -0.2) is 0 Å². The van der Waals surface area contributed by atoms with E-state index in [0.717, 1.165) is 19.3 Å². The highest BCUT2D eigenvalue weighted by atomic mass is 16.2. The van der Waals surface area contributed by atoms with Crippen LogP contribution < -0.4 is 10.6 Å². The lowest BCUT2D eigenvalue weighted by atomic mass is 10.0. The summed E-state index contributed by atoms with van der Waals surface area (Å²) < 4.78 is 0. The summed E-state index contributed by atoms with van der Waals surface area (Å²) in [5.41, 5.74) is 0. The van der Waals surface area contributed by atoms with Crippen LogP contribution in [0.4, 0.5) is 0 Å². The summed E-state index contributed by atoms with van der Waals surface area (Å²) in [5, 5.41) is 14.1. The van der Waals surface area contributed by atoms with Gasteiger partial charge in [-0.1, -0.05) is 33.6 Å². The smallest absolute Gasteiger partial charge is 0.243 e. The van der Waals surface area contributed by atoms with Crippen molar-refractivity contribution in [1.82, 2.24) is 10.6 Å². The molecule has 114 valence electrons. The van der Waals surface area contributed by atoms with E-state index in [4.69, 9.17) is 5.26 Å². The Morgan fingerprint density at radius 2 is 1.80 bits per heavy atom. The molecule has 5 heteroatoms. The summed E-state index contributed by atoms with van der Waals surface area (Å²) in [4.78, 5) is 23.8. The van der Waals surface area contributed by atoms with Gasteiger partial charge >= 0.3 is 0 Å². The predicted molar refractivity (Wildman–Crippen MR) is 78.7 cm³/mol.